The van der Waals surface area contributed by atoms with Crippen molar-refractivity contribution in [2.75, 3.05) is 0 Å². The number of aromatic nitrogens is 3. The molecule has 0 aliphatic carbocycles. The zero-order valence-corrected chi connectivity index (χ0v) is 23.9. The standard InChI is InChI=1S/C18H16ClFN2.C12H10Cl2FN/c1-10(2)16-17(19)13-5-4-12(20)9-14(13)22-18(16)15-8-11(3)6-7-21-15;1-6(2)10-11(13)8-4-3-7(15)5-9(8)16-12(10)14/h4-10H,1-3H3;3-6H,1-2H3. The first-order chi connectivity index (χ1) is 18.0. The highest BCUT2D eigenvalue weighted by Gasteiger charge is 2.19. The number of nitrogens with zero attached hydrogens (tertiary/aromatic N) is 3. The Labute approximate surface area is 235 Å². The molecule has 0 saturated carbocycles. The van der Waals surface area contributed by atoms with E-state index in [0.717, 1.165) is 38.9 Å². The van der Waals surface area contributed by atoms with Gasteiger partial charge in [-0.3, -0.25) is 4.98 Å². The molecule has 0 aliphatic rings. The van der Waals surface area contributed by atoms with Crippen molar-refractivity contribution in [3.05, 3.63) is 98.3 Å². The van der Waals surface area contributed by atoms with Gasteiger partial charge in [0.2, 0.25) is 0 Å². The highest BCUT2D eigenvalue weighted by molar-refractivity contribution is 6.39. The van der Waals surface area contributed by atoms with Crippen LogP contribution in [0.1, 0.15) is 56.2 Å². The first kappa shape index (κ1) is 28.2. The van der Waals surface area contributed by atoms with Crippen LogP contribution in [-0.2, 0) is 0 Å². The summed E-state index contributed by atoms with van der Waals surface area (Å²) in [7, 11) is 0. The Kier molecular flexibility index (Phi) is 8.51. The molecule has 38 heavy (non-hydrogen) atoms. The van der Waals surface area contributed by atoms with E-state index < -0.39 is 0 Å². The monoisotopic (exact) mass is 571 g/mol. The molecule has 196 valence electrons. The lowest BCUT2D eigenvalue weighted by atomic mass is 9.96. The average Bonchev–Trinajstić information content (AvgIpc) is 2.83. The van der Waals surface area contributed by atoms with Gasteiger partial charge >= 0.3 is 0 Å². The van der Waals surface area contributed by atoms with Gasteiger partial charge < -0.3 is 0 Å². The molecule has 0 amide bonds. The number of pyridine rings is 3. The molecule has 5 aromatic rings. The Balaban J connectivity index is 0.000000186. The molecule has 0 N–H and O–H groups in total. The van der Waals surface area contributed by atoms with Crippen molar-refractivity contribution < 1.29 is 8.78 Å². The second kappa shape index (κ2) is 11.5. The van der Waals surface area contributed by atoms with E-state index in [4.69, 9.17) is 34.8 Å². The van der Waals surface area contributed by atoms with Gasteiger partial charge in [0.05, 0.1) is 32.5 Å². The SMILES string of the molecule is CC(C)c1c(Cl)nc2cc(F)ccc2c1Cl.Cc1ccnc(-c2nc3cc(F)ccc3c(Cl)c2C(C)C)c1. The van der Waals surface area contributed by atoms with Gasteiger partial charge in [-0.25, -0.2) is 18.7 Å². The number of halogens is 5. The zero-order chi connectivity index (χ0) is 27.7. The molecule has 0 unspecified atom stereocenters. The van der Waals surface area contributed by atoms with E-state index >= 15 is 0 Å². The van der Waals surface area contributed by atoms with Crippen LogP contribution in [0.5, 0.6) is 0 Å². The molecule has 5 rings (SSSR count). The number of rotatable bonds is 3. The van der Waals surface area contributed by atoms with Crippen molar-refractivity contribution in [3.63, 3.8) is 0 Å². The van der Waals surface area contributed by atoms with E-state index in [-0.39, 0.29) is 23.5 Å². The van der Waals surface area contributed by atoms with Crippen LogP contribution in [0.2, 0.25) is 15.2 Å². The van der Waals surface area contributed by atoms with Crippen LogP contribution in [0.15, 0.2) is 54.7 Å². The Hall–Kier alpha value is -2.86. The topological polar surface area (TPSA) is 38.7 Å². The van der Waals surface area contributed by atoms with Crippen LogP contribution in [0.3, 0.4) is 0 Å². The quantitative estimate of drug-likeness (QED) is 0.202. The predicted octanol–water partition coefficient (Wildman–Crippen LogP) is 10.3. The highest BCUT2D eigenvalue weighted by Crippen LogP contribution is 2.38. The molecular formula is C30H26Cl3F2N3. The van der Waals surface area contributed by atoms with Gasteiger partial charge in [0.25, 0.3) is 0 Å². The maximum absolute atomic E-state index is 13.5. The average molecular weight is 573 g/mol. The van der Waals surface area contributed by atoms with E-state index in [2.05, 4.69) is 28.8 Å². The summed E-state index contributed by atoms with van der Waals surface area (Å²) in [6.07, 6.45) is 1.75. The first-order valence-corrected chi connectivity index (χ1v) is 13.3. The third-order valence-corrected chi connectivity index (χ3v) is 7.21. The van der Waals surface area contributed by atoms with Crippen molar-refractivity contribution in [2.24, 2.45) is 0 Å². The molecular weight excluding hydrogens is 547 g/mol. The Bertz CT molecular complexity index is 1650. The smallest absolute Gasteiger partial charge is 0.134 e. The van der Waals surface area contributed by atoms with Gasteiger partial charge in [0, 0.05) is 40.2 Å². The molecule has 0 aliphatic heterocycles. The normalized spacial score (nSPS) is 11.4. The zero-order valence-electron chi connectivity index (χ0n) is 21.6. The summed E-state index contributed by atoms with van der Waals surface area (Å²) in [5, 5.41) is 3.03. The largest absolute Gasteiger partial charge is 0.255 e. The molecule has 3 nitrogen and oxygen atoms in total. The molecule has 8 heteroatoms. The second-order valence-electron chi connectivity index (χ2n) is 9.67. The third kappa shape index (κ3) is 5.75. The fourth-order valence-electron chi connectivity index (χ4n) is 4.28. The van der Waals surface area contributed by atoms with E-state index in [1.165, 1.54) is 24.3 Å². The molecule has 0 spiro atoms. The van der Waals surface area contributed by atoms with Crippen LogP contribution in [0.25, 0.3) is 33.2 Å². The van der Waals surface area contributed by atoms with Crippen LogP contribution in [0.4, 0.5) is 8.78 Å². The molecule has 0 fully saturated rings. The van der Waals surface area contributed by atoms with E-state index in [1.807, 2.05) is 32.9 Å². The van der Waals surface area contributed by atoms with Gasteiger partial charge in [-0.05, 0) is 60.7 Å². The van der Waals surface area contributed by atoms with Crippen molar-refractivity contribution in [1.29, 1.82) is 0 Å². The van der Waals surface area contributed by atoms with E-state index in [0.29, 0.717) is 26.2 Å². The van der Waals surface area contributed by atoms with Crippen molar-refractivity contribution in [3.8, 4) is 11.4 Å². The molecule has 3 aromatic heterocycles. The van der Waals surface area contributed by atoms with Gasteiger partial charge in [-0.2, -0.15) is 0 Å². The predicted molar refractivity (Wildman–Crippen MR) is 155 cm³/mol. The van der Waals surface area contributed by atoms with Gasteiger partial charge in [-0.15, -0.1) is 0 Å². The number of benzene rings is 2. The third-order valence-electron chi connectivity index (χ3n) is 6.11. The molecule has 0 saturated heterocycles. The Morgan fingerprint density at radius 2 is 1.21 bits per heavy atom. The maximum atomic E-state index is 13.5. The number of hydrogen-bond donors (Lipinski definition) is 0. The number of aryl methyl sites for hydroxylation is 1. The van der Waals surface area contributed by atoms with Crippen LogP contribution in [-0.4, -0.2) is 15.0 Å². The van der Waals surface area contributed by atoms with Gasteiger partial charge in [0.1, 0.15) is 16.8 Å². The minimum atomic E-state index is -0.343. The summed E-state index contributed by atoms with van der Waals surface area (Å²) in [5.74, 6) is -0.297. The highest BCUT2D eigenvalue weighted by atomic mass is 35.5. The molecule has 0 bridgehead atoms. The van der Waals surface area contributed by atoms with Crippen LogP contribution >= 0.6 is 34.8 Å². The van der Waals surface area contributed by atoms with Crippen molar-refractivity contribution >= 4 is 56.6 Å². The summed E-state index contributed by atoms with van der Waals surface area (Å²) >= 11 is 18.9. The summed E-state index contributed by atoms with van der Waals surface area (Å²) in [6, 6.07) is 12.7. The van der Waals surface area contributed by atoms with Crippen LogP contribution < -0.4 is 0 Å². The summed E-state index contributed by atoms with van der Waals surface area (Å²) in [4.78, 5) is 13.2. The summed E-state index contributed by atoms with van der Waals surface area (Å²) < 4.78 is 26.6. The lowest BCUT2D eigenvalue weighted by Gasteiger charge is -2.16. The van der Waals surface area contributed by atoms with E-state index in [1.54, 1.807) is 18.3 Å². The van der Waals surface area contributed by atoms with Crippen molar-refractivity contribution in [2.45, 2.75) is 46.5 Å². The van der Waals surface area contributed by atoms with Gasteiger partial charge in [0.15, 0.2) is 0 Å². The number of hydrogen-bond acceptors (Lipinski definition) is 3. The Morgan fingerprint density at radius 3 is 1.74 bits per heavy atom. The fourth-order valence-corrected chi connectivity index (χ4v) is 5.66. The minimum Gasteiger partial charge on any atom is -0.255 e. The summed E-state index contributed by atoms with van der Waals surface area (Å²) in [5.41, 5.74) is 5.36. The minimum absolute atomic E-state index is 0.182. The summed E-state index contributed by atoms with van der Waals surface area (Å²) in [6.45, 7) is 10.1. The molecule has 3 heterocycles. The van der Waals surface area contributed by atoms with Crippen LogP contribution in [0, 0.1) is 18.6 Å². The lowest BCUT2D eigenvalue weighted by molar-refractivity contribution is 0.629. The fraction of sp³-hybridized carbons (Fsp3) is 0.233. The Morgan fingerprint density at radius 1 is 0.684 bits per heavy atom. The number of fused-ring (bicyclic) bond motifs is 2. The first-order valence-electron chi connectivity index (χ1n) is 12.1. The van der Waals surface area contributed by atoms with Gasteiger partial charge in [-0.1, -0.05) is 62.5 Å². The maximum Gasteiger partial charge on any atom is 0.134 e. The van der Waals surface area contributed by atoms with Crippen molar-refractivity contribution in [1.82, 2.24) is 15.0 Å². The molecule has 0 atom stereocenters. The molecule has 2 aromatic carbocycles. The molecule has 0 radical (unpaired) electrons. The lowest BCUT2D eigenvalue weighted by Crippen LogP contribution is -2.00. The van der Waals surface area contributed by atoms with E-state index in [9.17, 15) is 8.78 Å². The second-order valence-corrected chi connectivity index (χ2v) is 10.8.